The Morgan fingerprint density at radius 3 is 2.82 bits per heavy atom. The Morgan fingerprint density at radius 2 is 1.95 bits per heavy atom. The monoisotopic (exact) mass is 307 g/mol. The molecule has 0 spiro atoms. The zero-order chi connectivity index (χ0) is 15.5. The number of halogens is 2. The molecule has 2 aromatic rings. The SMILES string of the molecule is O=C(COc1ccc2c(c1)OCO2)Nc1cc(F)ccc1F. The van der Waals surface area contributed by atoms with Crippen molar-refractivity contribution >= 4 is 11.6 Å². The molecule has 1 N–H and O–H groups in total. The minimum Gasteiger partial charge on any atom is -0.484 e. The lowest BCUT2D eigenvalue weighted by atomic mass is 10.3. The van der Waals surface area contributed by atoms with Gasteiger partial charge in [0.15, 0.2) is 18.1 Å². The van der Waals surface area contributed by atoms with E-state index in [1.165, 1.54) is 0 Å². The zero-order valence-corrected chi connectivity index (χ0v) is 11.3. The summed E-state index contributed by atoms with van der Waals surface area (Å²) in [5.74, 6) is -0.458. The lowest BCUT2D eigenvalue weighted by Gasteiger charge is -2.08. The number of nitrogens with one attached hydrogen (secondary N) is 1. The van der Waals surface area contributed by atoms with Gasteiger partial charge >= 0.3 is 0 Å². The second-order valence-electron chi connectivity index (χ2n) is 4.48. The van der Waals surface area contributed by atoms with Crippen molar-refractivity contribution in [3.05, 3.63) is 48.0 Å². The molecule has 114 valence electrons. The van der Waals surface area contributed by atoms with Gasteiger partial charge in [-0.25, -0.2) is 8.78 Å². The summed E-state index contributed by atoms with van der Waals surface area (Å²) in [6.45, 7) is -0.215. The van der Waals surface area contributed by atoms with Crippen molar-refractivity contribution in [3.8, 4) is 17.2 Å². The molecule has 1 aliphatic heterocycles. The smallest absolute Gasteiger partial charge is 0.262 e. The van der Waals surface area contributed by atoms with Crippen molar-refractivity contribution in [1.29, 1.82) is 0 Å². The van der Waals surface area contributed by atoms with E-state index in [4.69, 9.17) is 14.2 Å². The van der Waals surface area contributed by atoms with Crippen LogP contribution in [0.5, 0.6) is 17.2 Å². The molecule has 0 bridgehead atoms. The van der Waals surface area contributed by atoms with E-state index < -0.39 is 17.5 Å². The number of carbonyl (C=O) groups excluding carboxylic acids is 1. The van der Waals surface area contributed by atoms with E-state index in [1.807, 2.05) is 0 Å². The van der Waals surface area contributed by atoms with Gasteiger partial charge in [-0.2, -0.15) is 0 Å². The average Bonchev–Trinajstić information content (AvgIpc) is 2.96. The lowest BCUT2D eigenvalue weighted by molar-refractivity contribution is -0.118. The third-order valence-corrected chi connectivity index (χ3v) is 2.92. The van der Waals surface area contributed by atoms with Gasteiger partial charge in [0.05, 0.1) is 5.69 Å². The maximum Gasteiger partial charge on any atom is 0.262 e. The van der Waals surface area contributed by atoms with Gasteiger partial charge in [-0.15, -0.1) is 0 Å². The van der Waals surface area contributed by atoms with Crippen LogP contribution in [-0.2, 0) is 4.79 Å². The van der Waals surface area contributed by atoms with Crippen LogP contribution >= 0.6 is 0 Å². The van der Waals surface area contributed by atoms with Gasteiger partial charge in [0, 0.05) is 12.1 Å². The minimum absolute atomic E-state index is 0.137. The molecule has 0 aromatic heterocycles. The number of ether oxygens (including phenoxy) is 3. The van der Waals surface area contributed by atoms with Crippen molar-refractivity contribution in [3.63, 3.8) is 0 Å². The van der Waals surface area contributed by atoms with E-state index in [0.29, 0.717) is 17.2 Å². The van der Waals surface area contributed by atoms with Gasteiger partial charge in [0.25, 0.3) is 5.91 Å². The number of benzene rings is 2. The minimum atomic E-state index is -0.724. The fourth-order valence-corrected chi connectivity index (χ4v) is 1.90. The molecule has 1 aliphatic rings. The van der Waals surface area contributed by atoms with Crippen molar-refractivity contribution in [2.75, 3.05) is 18.7 Å². The van der Waals surface area contributed by atoms with Crippen LogP contribution < -0.4 is 19.5 Å². The highest BCUT2D eigenvalue weighted by atomic mass is 19.1. The van der Waals surface area contributed by atoms with Crippen molar-refractivity contribution in [2.24, 2.45) is 0 Å². The summed E-state index contributed by atoms with van der Waals surface area (Å²) < 4.78 is 42.0. The quantitative estimate of drug-likeness (QED) is 0.943. The Morgan fingerprint density at radius 1 is 1.14 bits per heavy atom. The molecule has 5 nitrogen and oxygen atoms in total. The first kappa shape index (κ1) is 14.1. The molecule has 3 rings (SSSR count). The number of amides is 1. The van der Waals surface area contributed by atoms with Crippen LogP contribution in [0.15, 0.2) is 36.4 Å². The second kappa shape index (κ2) is 5.88. The molecule has 1 amide bonds. The molecular weight excluding hydrogens is 296 g/mol. The highest BCUT2D eigenvalue weighted by molar-refractivity contribution is 5.92. The number of fused-ring (bicyclic) bond motifs is 1. The number of rotatable bonds is 4. The van der Waals surface area contributed by atoms with Gasteiger partial charge in [-0.1, -0.05) is 0 Å². The molecule has 0 radical (unpaired) electrons. The first-order chi connectivity index (χ1) is 10.6. The normalized spacial score (nSPS) is 12.1. The Balaban J connectivity index is 1.59. The molecule has 22 heavy (non-hydrogen) atoms. The van der Waals surface area contributed by atoms with Crippen LogP contribution in [-0.4, -0.2) is 19.3 Å². The summed E-state index contributed by atoms with van der Waals surface area (Å²) >= 11 is 0. The number of hydrogen-bond donors (Lipinski definition) is 1. The fourth-order valence-electron chi connectivity index (χ4n) is 1.90. The van der Waals surface area contributed by atoms with E-state index >= 15 is 0 Å². The van der Waals surface area contributed by atoms with Crippen molar-refractivity contribution in [1.82, 2.24) is 0 Å². The van der Waals surface area contributed by atoms with Gasteiger partial charge in [0.2, 0.25) is 6.79 Å². The van der Waals surface area contributed by atoms with E-state index in [-0.39, 0.29) is 19.1 Å². The maximum absolute atomic E-state index is 13.4. The van der Waals surface area contributed by atoms with Crippen LogP contribution in [0.4, 0.5) is 14.5 Å². The maximum atomic E-state index is 13.4. The molecule has 0 saturated heterocycles. The second-order valence-corrected chi connectivity index (χ2v) is 4.48. The third kappa shape index (κ3) is 3.08. The number of carbonyl (C=O) groups is 1. The van der Waals surface area contributed by atoms with Gasteiger partial charge < -0.3 is 19.5 Å². The van der Waals surface area contributed by atoms with E-state index in [0.717, 1.165) is 18.2 Å². The Hall–Kier alpha value is -2.83. The molecule has 0 atom stereocenters. The highest BCUT2D eigenvalue weighted by Gasteiger charge is 2.14. The Kier molecular flexibility index (Phi) is 3.78. The fraction of sp³-hybridized carbons (Fsp3) is 0.133. The molecular formula is C15H11F2NO4. The molecule has 2 aromatic carbocycles. The summed E-state index contributed by atoms with van der Waals surface area (Å²) in [6.07, 6.45) is 0. The molecule has 0 aliphatic carbocycles. The average molecular weight is 307 g/mol. The molecule has 0 unspecified atom stereocenters. The van der Waals surface area contributed by atoms with Crippen LogP contribution in [0, 0.1) is 11.6 Å². The third-order valence-electron chi connectivity index (χ3n) is 2.92. The Bertz CT molecular complexity index is 721. The van der Waals surface area contributed by atoms with Crippen LogP contribution in [0.3, 0.4) is 0 Å². The van der Waals surface area contributed by atoms with E-state index in [2.05, 4.69) is 5.32 Å². The summed E-state index contributed by atoms with van der Waals surface area (Å²) in [6, 6.07) is 7.65. The predicted octanol–water partition coefficient (Wildman–Crippen LogP) is 2.71. The first-order valence-corrected chi connectivity index (χ1v) is 6.39. The van der Waals surface area contributed by atoms with Gasteiger partial charge in [-0.3, -0.25) is 4.79 Å². The molecule has 0 saturated carbocycles. The standard InChI is InChI=1S/C15H11F2NO4/c16-9-1-3-11(17)12(5-9)18-15(19)7-20-10-2-4-13-14(6-10)22-8-21-13/h1-6H,7-8H2,(H,18,19). The largest absolute Gasteiger partial charge is 0.484 e. The van der Waals surface area contributed by atoms with Crippen molar-refractivity contribution < 1.29 is 27.8 Å². The van der Waals surface area contributed by atoms with E-state index in [9.17, 15) is 13.6 Å². The predicted molar refractivity (Wildman–Crippen MR) is 73.0 cm³/mol. The summed E-state index contributed by atoms with van der Waals surface area (Å²) in [4.78, 5) is 11.7. The molecule has 0 fully saturated rings. The summed E-state index contributed by atoms with van der Waals surface area (Å²) in [7, 11) is 0. The van der Waals surface area contributed by atoms with Crippen LogP contribution in [0.1, 0.15) is 0 Å². The van der Waals surface area contributed by atoms with Crippen LogP contribution in [0.2, 0.25) is 0 Å². The summed E-state index contributed by atoms with van der Waals surface area (Å²) in [5, 5.41) is 2.24. The molecule has 7 heteroatoms. The topological polar surface area (TPSA) is 56.8 Å². The summed E-state index contributed by atoms with van der Waals surface area (Å²) in [5.41, 5.74) is -0.237. The van der Waals surface area contributed by atoms with Crippen LogP contribution in [0.25, 0.3) is 0 Å². The molecule has 1 heterocycles. The lowest BCUT2D eigenvalue weighted by Crippen LogP contribution is -2.20. The number of anilines is 1. The van der Waals surface area contributed by atoms with Gasteiger partial charge in [-0.05, 0) is 24.3 Å². The van der Waals surface area contributed by atoms with Crippen molar-refractivity contribution in [2.45, 2.75) is 0 Å². The Labute approximate surface area is 124 Å². The number of hydrogen-bond acceptors (Lipinski definition) is 4. The first-order valence-electron chi connectivity index (χ1n) is 6.39. The zero-order valence-electron chi connectivity index (χ0n) is 11.3. The van der Waals surface area contributed by atoms with E-state index in [1.54, 1.807) is 18.2 Å². The highest BCUT2D eigenvalue weighted by Crippen LogP contribution is 2.35. The van der Waals surface area contributed by atoms with Gasteiger partial charge in [0.1, 0.15) is 17.4 Å².